The highest BCUT2D eigenvalue weighted by molar-refractivity contribution is 7.99. The maximum Gasteiger partial charge on any atom is 0.00616 e. The quantitative estimate of drug-likeness (QED) is 0.708. The van der Waals surface area contributed by atoms with Crippen LogP contribution in [0.3, 0.4) is 0 Å². The topological polar surface area (TPSA) is 26.0 Å². The zero-order chi connectivity index (χ0) is 8.10. The monoisotopic (exact) mass is 173 g/mol. The van der Waals surface area contributed by atoms with E-state index in [1.165, 1.54) is 31.4 Å². The second-order valence-electron chi connectivity index (χ2n) is 3.37. The summed E-state index contributed by atoms with van der Waals surface area (Å²) in [6, 6.07) is 0. The van der Waals surface area contributed by atoms with Crippen LogP contribution in [0, 0.1) is 5.92 Å². The van der Waals surface area contributed by atoms with Gasteiger partial charge in [0.1, 0.15) is 0 Å². The van der Waals surface area contributed by atoms with Gasteiger partial charge in [-0.1, -0.05) is 13.3 Å². The van der Waals surface area contributed by atoms with Crippen LogP contribution in [-0.2, 0) is 0 Å². The Balaban J connectivity index is 2.21. The molecule has 0 bridgehead atoms. The molecule has 0 spiro atoms. The molecule has 1 fully saturated rings. The Kier molecular flexibility index (Phi) is 4.31. The largest absolute Gasteiger partial charge is 0.330 e. The van der Waals surface area contributed by atoms with Gasteiger partial charge in [-0.3, -0.25) is 0 Å². The van der Waals surface area contributed by atoms with Crippen molar-refractivity contribution >= 4 is 11.8 Å². The normalized spacial score (nSPS) is 32.2. The summed E-state index contributed by atoms with van der Waals surface area (Å²) in [5, 5.41) is 0.874. The van der Waals surface area contributed by atoms with E-state index in [2.05, 4.69) is 18.7 Å². The van der Waals surface area contributed by atoms with Gasteiger partial charge in [0.15, 0.2) is 0 Å². The first-order valence-electron chi connectivity index (χ1n) is 4.68. The van der Waals surface area contributed by atoms with Crippen molar-refractivity contribution in [1.82, 2.24) is 0 Å². The number of thioether (sulfide) groups is 1. The molecule has 1 heterocycles. The lowest BCUT2D eigenvalue weighted by Crippen LogP contribution is -2.20. The predicted octanol–water partition coefficient (Wildman–Crippen LogP) is 2.26. The maximum atomic E-state index is 5.53. The molecule has 0 aromatic carbocycles. The molecule has 2 N–H and O–H groups in total. The van der Waals surface area contributed by atoms with Crippen LogP contribution in [0.2, 0.25) is 0 Å². The first-order valence-corrected chi connectivity index (χ1v) is 5.73. The van der Waals surface area contributed by atoms with Crippen molar-refractivity contribution in [3.8, 4) is 0 Å². The molecule has 0 saturated carbocycles. The molecule has 2 atom stereocenters. The highest BCUT2D eigenvalue weighted by Gasteiger charge is 2.19. The van der Waals surface area contributed by atoms with Crippen LogP contribution in [0.1, 0.15) is 32.6 Å². The van der Waals surface area contributed by atoms with Crippen LogP contribution in [0.25, 0.3) is 0 Å². The number of nitrogens with two attached hydrogens (primary N) is 1. The van der Waals surface area contributed by atoms with Crippen LogP contribution in [0.5, 0.6) is 0 Å². The third-order valence-electron chi connectivity index (χ3n) is 2.54. The lowest BCUT2D eigenvalue weighted by Gasteiger charge is -2.27. The number of hydrogen-bond acceptors (Lipinski definition) is 2. The molecule has 0 aromatic rings. The molecular weight excluding hydrogens is 154 g/mol. The van der Waals surface area contributed by atoms with E-state index in [9.17, 15) is 0 Å². The lowest BCUT2D eigenvalue weighted by atomic mass is 9.96. The van der Waals surface area contributed by atoms with Gasteiger partial charge in [-0.2, -0.15) is 11.8 Å². The lowest BCUT2D eigenvalue weighted by molar-refractivity contribution is 0.432. The Bertz CT molecular complexity index is 104. The summed E-state index contributed by atoms with van der Waals surface area (Å²) in [5.41, 5.74) is 5.53. The van der Waals surface area contributed by atoms with Gasteiger partial charge >= 0.3 is 0 Å². The summed E-state index contributed by atoms with van der Waals surface area (Å²) < 4.78 is 0. The minimum Gasteiger partial charge on any atom is -0.330 e. The molecule has 1 aliphatic rings. The van der Waals surface area contributed by atoms with Crippen LogP contribution in [-0.4, -0.2) is 17.5 Å². The Labute approximate surface area is 74.1 Å². The molecule has 1 saturated heterocycles. The van der Waals surface area contributed by atoms with Crippen molar-refractivity contribution in [3.63, 3.8) is 0 Å². The summed E-state index contributed by atoms with van der Waals surface area (Å²) in [5.74, 6) is 2.36. The summed E-state index contributed by atoms with van der Waals surface area (Å²) >= 11 is 2.13. The molecule has 0 aromatic heterocycles. The van der Waals surface area contributed by atoms with Gasteiger partial charge in [-0.15, -0.1) is 0 Å². The molecule has 0 aliphatic carbocycles. The highest BCUT2D eigenvalue weighted by Crippen LogP contribution is 2.32. The zero-order valence-corrected chi connectivity index (χ0v) is 8.20. The fraction of sp³-hybridized carbons (Fsp3) is 1.00. The molecule has 1 rings (SSSR count). The minimum atomic E-state index is 0.869. The second kappa shape index (κ2) is 5.04. The average molecular weight is 173 g/mol. The van der Waals surface area contributed by atoms with Crippen molar-refractivity contribution in [2.75, 3.05) is 12.3 Å². The average Bonchev–Trinajstić information content (AvgIpc) is 2.06. The van der Waals surface area contributed by atoms with E-state index >= 15 is 0 Å². The predicted molar refractivity (Wildman–Crippen MR) is 52.9 cm³/mol. The van der Waals surface area contributed by atoms with Crippen LogP contribution in [0.15, 0.2) is 0 Å². The zero-order valence-electron chi connectivity index (χ0n) is 7.38. The molecule has 0 radical (unpaired) electrons. The van der Waals surface area contributed by atoms with Crippen molar-refractivity contribution < 1.29 is 0 Å². The fourth-order valence-electron chi connectivity index (χ4n) is 1.72. The molecule has 66 valence electrons. The highest BCUT2D eigenvalue weighted by atomic mass is 32.2. The first-order chi connectivity index (χ1) is 5.36. The number of rotatable bonds is 3. The Morgan fingerprint density at radius 2 is 2.36 bits per heavy atom. The smallest absolute Gasteiger partial charge is 0.00616 e. The molecule has 1 nitrogen and oxygen atoms in total. The molecular formula is C9H19NS. The summed E-state index contributed by atoms with van der Waals surface area (Å²) in [6.45, 7) is 3.17. The van der Waals surface area contributed by atoms with Gasteiger partial charge in [-0.25, -0.2) is 0 Å². The standard InChI is InChI=1S/C9H19NS/c1-2-8-4-6-11-9(7-8)3-5-10/h8-9H,2-7,10H2,1H3. The Hall–Kier alpha value is 0.310. The first kappa shape index (κ1) is 9.40. The minimum absolute atomic E-state index is 0.869. The van der Waals surface area contributed by atoms with Gasteiger partial charge in [-0.05, 0) is 37.5 Å². The molecule has 2 unspecified atom stereocenters. The number of hydrogen-bond donors (Lipinski definition) is 1. The van der Waals surface area contributed by atoms with Crippen LogP contribution in [0.4, 0.5) is 0 Å². The van der Waals surface area contributed by atoms with E-state index in [-0.39, 0.29) is 0 Å². The van der Waals surface area contributed by atoms with E-state index < -0.39 is 0 Å². The Morgan fingerprint density at radius 1 is 1.55 bits per heavy atom. The van der Waals surface area contributed by atoms with E-state index in [1.54, 1.807) is 0 Å². The van der Waals surface area contributed by atoms with Crippen LogP contribution >= 0.6 is 11.8 Å². The van der Waals surface area contributed by atoms with Gasteiger partial charge in [0, 0.05) is 5.25 Å². The van der Waals surface area contributed by atoms with Crippen molar-refractivity contribution in [1.29, 1.82) is 0 Å². The van der Waals surface area contributed by atoms with Gasteiger partial charge in [0.2, 0.25) is 0 Å². The molecule has 1 aliphatic heterocycles. The third-order valence-corrected chi connectivity index (χ3v) is 3.91. The van der Waals surface area contributed by atoms with Crippen LogP contribution < -0.4 is 5.73 Å². The van der Waals surface area contributed by atoms with Gasteiger partial charge in [0.25, 0.3) is 0 Å². The Morgan fingerprint density at radius 3 is 3.00 bits per heavy atom. The molecule has 0 amide bonds. The second-order valence-corrected chi connectivity index (χ2v) is 4.78. The molecule has 2 heteroatoms. The van der Waals surface area contributed by atoms with E-state index in [0.29, 0.717) is 0 Å². The van der Waals surface area contributed by atoms with E-state index in [0.717, 1.165) is 17.7 Å². The van der Waals surface area contributed by atoms with E-state index in [4.69, 9.17) is 5.73 Å². The maximum absolute atomic E-state index is 5.53. The van der Waals surface area contributed by atoms with Gasteiger partial charge < -0.3 is 5.73 Å². The summed E-state index contributed by atoms with van der Waals surface area (Å²) in [6.07, 6.45) is 5.43. The summed E-state index contributed by atoms with van der Waals surface area (Å²) in [4.78, 5) is 0. The SMILES string of the molecule is CCC1CCSC(CCN)C1. The van der Waals surface area contributed by atoms with E-state index in [1.807, 2.05) is 0 Å². The van der Waals surface area contributed by atoms with Gasteiger partial charge in [0.05, 0.1) is 0 Å². The third kappa shape index (κ3) is 3.04. The summed E-state index contributed by atoms with van der Waals surface area (Å²) in [7, 11) is 0. The van der Waals surface area contributed by atoms with Crippen molar-refractivity contribution in [3.05, 3.63) is 0 Å². The van der Waals surface area contributed by atoms with Crippen molar-refractivity contribution in [2.45, 2.75) is 37.9 Å². The fourth-order valence-corrected chi connectivity index (χ4v) is 3.23. The van der Waals surface area contributed by atoms with Crippen molar-refractivity contribution in [2.24, 2.45) is 11.7 Å². The molecule has 11 heavy (non-hydrogen) atoms.